The van der Waals surface area contributed by atoms with Crippen LogP contribution in [0.15, 0.2) is 40.9 Å². The molecule has 2 N–H and O–H groups in total. The molecule has 0 spiro atoms. The molecular weight excluding hydrogens is 286 g/mol. The number of thiocarbonyl (C=S) groups is 1. The average molecular weight is 303 g/mol. The first-order valence-corrected chi connectivity index (χ1v) is 7.27. The monoisotopic (exact) mass is 303 g/mol. The number of rotatable bonds is 4. The van der Waals surface area contributed by atoms with Crippen molar-refractivity contribution in [2.45, 2.75) is 19.0 Å². The van der Waals surface area contributed by atoms with Crippen LogP contribution in [0.4, 0.5) is 0 Å². The summed E-state index contributed by atoms with van der Waals surface area (Å²) in [7, 11) is 0. The molecule has 1 aliphatic heterocycles. The molecule has 0 unspecified atom stereocenters. The number of nitrogens with zero attached hydrogens (tertiary/aromatic N) is 2. The number of hydrogen-bond acceptors (Lipinski definition) is 4. The van der Waals surface area contributed by atoms with E-state index in [0.717, 1.165) is 17.2 Å². The minimum atomic E-state index is -0.103. The van der Waals surface area contributed by atoms with E-state index < -0.39 is 0 Å². The summed E-state index contributed by atoms with van der Waals surface area (Å²) in [5.74, 6) is 1.68. The molecule has 21 heavy (non-hydrogen) atoms. The van der Waals surface area contributed by atoms with Gasteiger partial charge in [0.2, 0.25) is 0 Å². The zero-order chi connectivity index (χ0) is 14.8. The van der Waals surface area contributed by atoms with Crippen LogP contribution in [-0.4, -0.2) is 33.3 Å². The third-order valence-corrected chi connectivity index (χ3v) is 3.94. The van der Waals surface area contributed by atoms with Gasteiger partial charge in [-0.25, -0.2) is 0 Å². The topological polar surface area (TPSA) is 61.5 Å². The standard InChI is InChI=1S/C15H17N3O2S/c1-10-5-6-12(20-10)14-13(11-4-2-3-7-16-11)17-15(21)18(14)8-9-19/h2-7,13-14,19H,8-9H2,1H3,(H,17,21)/t13-,14+/m0/s1. The Bertz CT molecular complexity index is 629. The highest BCUT2D eigenvalue weighted by molar-refractivity contribution is 7.80. The first-order valence-electron chi connectivity index (χ1n) is 6.86. The molecule has 2 atom stereocenters. The SMILES string of the molecule is Cc1ccc([C@@H]2[C@H](c3ccccn3)NC(=S)N2CCO)o1. The van der Waals surface area contributed by atoms with Crippen molar-refractivity contribution in [3.8, 4) is 0 Å². The predicted molar refractivity (Wildman–Crippen MR) is 82.7 cm³/mol. The molecule has 2 aromatic rings. The number of aryl methyl sites for hydroxylation is 1. The van der Waals surface area contributed by atoms with Gasteiger partial charge in [0.15, 0.2) is 5.11 Å². The summed E-state index contributed by atoms with van der Waals surface area (Å²) in [4.78, 5) is 6.37. The number of pyridine rings is 1. The Morgan fingerprint density at radius 2 is 2.24 bits per heavy atom. The Balaban J connectivity index is 2.00. The fourth-order valence-electron chi connectivity index (χ4n) is 2.68. The van der Waals surface area contributed by atoms with Crippen molar-refractivity contribution in [1.29, 1.82) is 0 Å². The van der Waals surface area contributed by atoms with Crippen LogP contribution in [0, 0.1) is 6.92 Å². The Morgan fingerprint density at radius 3 is 2.86 bits per heavy atom. The van der Waals surface area contributed by atoms with E-state index in [1.807, 2.05) is 42.2 Å². The highest BCUT2D eigenvalue weighted by Crippen LogP contribution is 2.38. The van der Waals surface area contributed by atoms with Crippen LogP contribution in [0.25, 0.3) is 0 Å². The first kappa shape index (κ1) is 14.0. The summed E-state index contributed by atoms with van der Waals surface area (Å²) in [5, 5.41) is 13.2. The van der Waals surface area contributed by atoms with Gasteiger partial charge in [0, 0.05) is 12.7 Å². The van der Waals surface area contributed by atoms with Crippen molar-refractivity contribution < 1.29 is 9.52 Å². The van der Waals surface area contributed by atoms with Crippen LogP contribution in [0.3, 0.4) is 0 Å². The molecule has 1 saturated heterocycles. The molecule has 110 valence electrons. The second-order valence-electron chi connectivity index (χ2n) is 4.99. The van der Waals surface area contributed by atoms with Crippen LogP contribution in [-0.2, 0) is 0 Å². The molecule has 0 radical (unpaired) electrons. The molecule has 3 heterocycles. The molecule has 2 aromatic heterocycles. The first-order chi connectivity index (χ1) is 10.2. The fourth-order valence-corrected chi connectivity index (χ4v) is 3.01. The van der Waals surface area contributed by atoms with E-state index in [-0.39, 0.29) is 18.7 Å². The van der Waals surface area contributed by atoms with Crippen LogP contribution in [0.5, 0.6) is 0 Å². The highest BCUT2D eigenvalue weighted by atomic mass is 32.1. The van der Waals surface area contributed by atoms with E-state index in [9.17, 15) is 5.11 Å². The molecule has 6 heteroatoms. The zero-order valence-corrected chi connectivity index (χ0v) is 12.5. The number of furan rings is 1. The van der Waals surface area contributed by atoms with Crippen molar-refractivity contribution in [1.82, 2.24) is 15.2 Å². The quantitative estimate of drug-likeness (QED) is 0.842. The molecule has 0 saturated carbocycles. The van der Waals surface area contributed by atoms with Crippen molar-refractivity contribution in [3.05, 3.63) is 53.7 Å². The third kappa shape index (κ3) is 2.64. The highest BCUT2D eigenvalue weighted by Gasteiger charge is 2.41. The summed E-state index contributed by atoms with van der Waals surface area (Å²) >= 11 is 5.40. The molecule has 0 aliphatic carbocycles. The summed E-state index contributed by atoms with van der Waals surface area (Å²) in [6, 6.07) is 9.50. The number of aliphatic hydroxyl groups excluding tert-OH is 1. The van der Waals surface area contributed by atoms with Crippen molar-refractivity contribution in [2.75, 3.05) is 13.2 Å². The number of hydrogen-bond donors (Lipinski definition) is 2. The van der Waals surface area contributed by atoms with Crippen molar-refractivity contribution >= 4 is 17.3 Å². The Kier molecular flexibility index (Phi) is 3.90. The lowest BCUT2D eigenvalue weighted by Crippen LogP contribution is -2.32. The van der Waals surface area contributed by atoms with Gasteiger partial charge in [0.1, 0.15) is 17.6 Å². The number of nitrogens with one attached hydrogen (secondary N) is 1. The second kappa shape index (κ2) is 5.83. The van der Waals surface area contributed by atoms with Crippen molar-refractivity contribution in [3.63, 3.8) is 0 Å². The molecule has 0 aromatic carbocycles. The van der Waals surface area contributed by atoms with E-state index in [1.165, 1.54) is 0 Å². The van der Waals surface area contributed by atoms with Crippen LogP contribution < -0.4 is 5.32 Å². The number of aliphatic hydroxyl groups is 1. The molecule has 3 rings (SSSR count). The third-order valence-electron chi connectivity index (χ3n) is 3.59. The van der Waals surface area contributed by atoms with Crippen LogP contribution in [0.1, 0.15) is 29.3 Å². The van der Waals surface area contributed by atoms with E-state index >= 15 is 0 Å². The minimum absolute atomic E-state index is 0.0347. The Hall–Kier alpha value is -1.92. The van der Waals surface area contributed by atoms with Gasteiger partial charge >= 0.3 is 0 Å². The minimum Gasteiger partial charge on any atom is -0.464 e. The summed E-state index contributed by atoms with van der Waals surface area (Å²) in [5.41, 5.74) is 0.902. The maximum atomic E-state index is 9.30. The molecule has 0 amide bonds. The molecule has 5 nitrogen and oxygen atoms in total. The number of β-amino-alcohol motifs (C(OH)–C–C–N with tert-alkyl or cyclic N) is 1. The maximum Gasteiger partial charge on any atom is 0.170 e. The van der Waals surface area contributed by atoms with Gasteiger partial charge in [-0.1, -0.05) is 6.07 Å². The van der Waals surface area contributed by atoms with E-state index in [4.69, 9.17) is 16.6 Å². The predicted octanol–water partition coefficient (Wildman–Crippen LogP) is 1.95. The van der Waals surface area contributed by atoms with Gasteiger partial charge in [0.25, 0.3) is 0 Å². The fraction of sp³-hybridized carbons (Fsp3) is 0.333. The maximum absolute atomic E-state index is 9.30. The second-order valence-corrected chi connectivity index (χ2v) is 5.38. The number of aromatic nitrogens is 1. The van der Waals surface area contributed by atoms with Gasteiger partial charge in [-0.15, -0.1) is 0 Å². The van der Waals surface area contributed by atoms with E-state index in [2.05, 4.69) is 10.3 Å². The van der Waals surface area contributed by atoms with Gasteiger partial charge in [-0.2, -0.15) is 0 Å². The normalized spacial score (nSPS) is 21.6. The summed E-state index contributed by atoms with van der Waals surface area (Å²) < 4.78 is 5.79. The summed E-state index contributed by atoms with van der Waals surface area (Å²) in [6.07, 6.45) is 1.76. The summed E-state index contributed by atoms with van der Waals surface area (Å²) in [6.45, 7) is 2.41. The van der Waals surface area contributed by atoms with E-state index in [0.29, 0.717) is 11.7 Å². The van der Waals surface area contributed by atoms with Gasteiger partial charge in [-0.3, -0.25) is 4.98 Å². The van der Waals surface area contributed by atoms with Crippen LogP contribution in [0.2, 0.25) is 0 Å². The molecule has 1 fully saturated rings. The van der Waals surface area contributed by atoms with Gasteiger partial charge in [0.05, 0.1) is 18.3 Å². The zero-order valence-electron chi connectivity index (χ0n) is 11.7. The lowest BCUT2D eigenvalue weighted by atomic mass is 10.0. The average Bonchev–Trinajstić information content (AvgIpc) is 3.05. The largest absolute Gasteiger partial charge is 0.464 e. The van der Waals surface area contributed by atoms with E-state index in [1.54, 1.807) is 6.20 Å². The smallest absolute Gasteiger partial charge is 0.170 e. The molecule has 1 aliphatic rings. The molecule has 0 bridgehead atoms. The van der Waals surface area contributed by atoms with Gasteiger partial charge in [-0.05, 0) is 43.4 Å². The molecular formula is C15H17N3O2S. The van der Waals surface area contributed by atoms with Crippen molar-refractivity contribution in [2.24, 2.45) is 0 Å². The van der Waals surface area contributed by atoms with Gasteiger partial charge < -0.3 is 19.7 Å². The lowest BCUT2D eigenvalue weighted by molar-refractivity contribution is 0.207. The lowest BCUT2D eigenvalue weighted by Gasteiger charge is -2.25. The Morgan fingerprint density at radius 1 is 1.38 bits per heavy atom. The van der Waals surface area contributed by atoms with Crippen LogP contribution >= 0.6 is 12.2 Å². The Labute approximate surface area is 128 Å².